The van der Waals surface area contributed by atoms with Crippen molar-refractivity contribution < 1.29 is 0 Å². The lowest BCUT2D eigenvalue weighted by atomic mass is 10.1. The highest BCUT2D eigenvalue weighted by molar-refractivity contribution is 6.32. The molecule has 1 aromatic carbocycles. The summed E-state index contributed by atoms with van der Waals surface area (Å²) in [6.07, 6.45) is 6.57. The quantitative estimate of drug-likeness (QED) is 0.547. The number of anilines is 1. The Bertz CT molecular complexity index is 1150. The summed E-state index contributed by atoms with van der Waals surface area (Å²) >= 11 is 6.27. The highest BCUT2D eigenvalue weighted by Crippen LogP contribution is 2.41. The van der Waals surface area contributed by atoms with Gasteiger partial charge in [-0.25, -0.2) is 15.4 Å². The number of nitrogens with one attached hydrogen (secondary N) is 3. The molecule has 2 fully saturated rings. The molecule has 0 bridgehead atoms. The van der Waals surface area contributed by atoms with Gasteiger partial charge in [-0.05, 0) is 70.4 Å². The number of hydrogen-bond donors (Lipinski definition) is 3. The van der Waals surface area contributed by atoms with Gasteiger partial charge in [-0.2, -0.15) is 0 Å². The second-order valence-electron chi connectivity index (χ2n) is 9.38. The number of aromatic nitrogens is 4. The maximum absolute atomic E-state index is 6.27. The summed E-state index contributed by atoms with van der Waals surface area (Å²) in [6, 6.07) is 4.32. The van der Waals surface area contributed by atoms with Crippen LogP contribution in [0.1, 0.15) is 60.5 Å². The fourth-order valence-corrected chi connectivity index (χ4v) is 4.97. The molecule has 0 spiro atoms. The van der Waals surface area contributed by atoms with Crippen LogP contribution >= 0.6 is 11.6 Å². The van der Waals surface area contributed by atoms with Crippen LogP contribution in [-0.2, 0) is 6.54 Å². The van der Waals surface area contributed by atoms with Gasteiger partial charge in [0.15, 0.2) is 5.82 Å². The molecule has 8 nitrogen and oxygen atoms in total. The molecule has 1 unspecified atom stereocenters. The van der Waals surface area contributed by atoms with E-state index in [9.17, 15) is 0 Å². The zero-order valence-corrected chi connectivity index (χ0v) is 19.3. The van der Waals surface area contributed by atoms with E-state index in [1.165, 1.54) is 12.8 Å². The maximum Gasteiger partial charge on any atom is 0.168 e. The van der Waals surface area contributed by atoms with Crippen molar-refractivity contribution in [3.8, 4) is 0 Å². The number of H-pyrrole nitrogens is 1. The van der Waals surface area contributed by atoms with Gasteiger partial charge >= 0.3 is 0 Å². The van der Waals surface area contributed by atoms with E-state index in [2.05, 4.69) is 32.7 Å². The molecule has 6 rings (SSSR count). The third kappa shape index (κ3) is 3.65. The monoisotopic (exact) mass is 452 g/mol. The van der Waals surface area contributed by atoms with E-state index in [0.717, 1.165) is 70.6 Å². The normalized spacial score (nSPS) is 22.1. The zero-order chi connectivity index (χ0) is 21.8. The lowest BCUT2D eigenvalue weighted by Gasteiger charge is -2.36. The van der Waals surface area contributed by atoms with Crippen molar-refractivity contribution in [3.05, 3.63) is 46.1 Å². The molecule has 1 saturated heterocycles. The SMILES string of the molecule is Cc1c(Cl)ccc2[nH]c(CNC3NN(C4CCN(C)CC4)c4nc(C5CC5)cnc43)nc12. The average molecular weight is 453 g/mol. The van der Waals surface area contributed by atoms with Gasteiger partial charge in [0, 0.05) is 23.2 Å². The predicted molar refractivity (Wildman–Crippen MR) is 126 cm³/mol. The number of nitrogens with zero attached hydrogens (tertiary/aromatic N) is 5. The third-order valence-electron chi connectivity index (χ3n) is 6.98. The van der Waals surface area contributed by atoms with E-state index in [1.54, 1.807) is 0 Å². The molecule has 1 aliphatic carbocycles. The van der Waals surface area contributed by atoms with Crippen molar-refractivity contribution in [2.75, 3.05) is 25.1 Å². The molecule has 32 heavy (non-hydrogen) atoms. The summed E-state index contributed by atoms with van der Waals surface area (Å²) in [7, 11) is 2.19. The van der Waals surface area contributed by atoms with E-state index in [1.807, 2.05) is 25.3 Å². The number of imidazole rings is 1. The fourth-order valence-electron chi connectivity index (χ4n) is 4.82. The molecule has 1 saturated carbocycles. The highest BCUT2D eigenvalue weighted by Gasteiger charge is 2.38. The first-order chi connectivity index (χ1) is 15.6. The Morgan fingerprint density at radius 1 is 1.16 bits per heavy atom. The zero-order valence-electron chi connectivity index (χ0n) is 18.5. The van der Waals surface area contributed by atoms with E-state index >= 15 is 0 Å². The van der Waals surface area contributed by atoms with Crippen LogP contribution in [0.4, 0.5) is 5.82 Å². The summed E-state index contributed by atoms with van der Waals surface area (Å²) in [5.41, 5.74) is 8.71. The second kappa shape index (κ2) is 7.95. The van der Waals surface area contributed by atoms with Gasteiger partial charge in [-0.15, -0.1) is 0 Å². The van der Waals surface area contributed by atoms with Gasteiger partial charge in [-0.3, -0.25) is 15.3 Å². The molecule has 2 aliphatic heterocycles. The van der Waals surface area contributed by atoms with Gasteiger partial charge in [0.25, 0.3) is 0 Å². The summed E-state index contributed by atoms with van der Waals surface area (Å²) in [4.78, 5) is 20.5. The Kier molecular flexibility index (Phi) is 5.06. The number of fused-ring (bicyclic) bond motifs is 2. The number of hydrazine groups is 1. The van der Waals surface area contributed by atoms with E-state index in [-0.39, 0.29) is 6.17 Å². The number of piperidine rings is 1. The molecule has 4 heterocycles. The molecule has 3 aliphatic rings. The molecule has 9 heteroatoms. The summed E-state index contributed by atoms with van der Waals surface area (Å²) in [5.74, 6) is 2.47. The predicted octanol–water partition coefficient (Wildman–Crippen LogP) is 3.40. The number of hydrogen-bond acceptors (Lipinski definition) is 7. The number of rotatable bonds is 5. The van der Waals surface area contributed by atoms with Crippen molar-refractivity contribution in [2.45, 2.75) is 57.3 Å². The van der Waals surface area contributed by atoms with Gasteiger partial charge in [0.05, 0.1) is 23.3 Å². The minimum Gasteiger partial charge on any atom is -0.341 e. The molecular weight excluding hydrogens is 424 g/mol. The Balaban J connectivity index is 1.24. The van der Waals surface area contributed by atoms with E-state index in [0.29, 0.717) is 18.5 Å². The van der Waals surface area contributed by atoms with E-state index in [4.69, 9.17) is 26.6 Å². The fraction of sp³-hybridized carbons (Fsp3) is 0.522. The van der Waals surface area contributed by atoms with Crippen LogP contribution in [0.3, 0.4) is 0 Å². The Morgan fingerprint density at radius 3 is 2.75 bits per heavy atom. The van der Waals surface area contributed by atoms with Crippen LogP contribution in [0.15, 0.2) is 18.3 Å². The maximum atomic E-state index is 6.27. The number of benzene rings is 1. The Morgan fingerprint density at radius 2 is 1.97 bits per heavy atom. The number of aryl methyl sites for hydroxylation is 1. The van der Waals surface area contributed by atoms with Crippen molar-refractivity contribution in [2.24, 2.45) is 0 Å². The lowest BCUT2D eigenvalue weighted by molar-refractivity contribution is 0.239. The average Bonchev–Trinajstić information content (AvgIpc) is 3.47. The van der Waals surface area contributed by atoms with Crippen LogP contribution < -0.4 is 15.8 Å². The summed E-state index contributed by atoms with van der Waals surface area (Å²) < 4.78 is 0. The van der Waals surface area contributed by atoms with Crippen molar-refractivity contribution in [1.29, 1.82) is 0 Å². The molecule has 0 radical (unpaired) electrons. The molecule has 168 valence electrons. The Hall–Kier alpha value is -2.26. The standard InChI is InChI=1S/C23H29ClN8/c1-13-16(24)5-6-17-20(13)29-19(27-17)12-26-22-21-23(28-18(11-25-21)14-3-4-14)32(30-22)15-7-9-31(2)10-8-15/h5-6,11,14-15,22,26,30H,3-4,7-10,12H2,1-2H3,(H,27,29). The van der Waals surface area contributed by atoms with Gasteiger partial charge in [0.1, 0.15) is 17.7 Å². The summed E-state index contributed by atoms with van der Waals surface area (Å²) in [5, 5.41) is 6.62. The lowest BCUT2D eigenvalue weighted by Crippen LogP contribution is -2.50. The topological polar surface area (TPSA) is 85.0 Å². The minimum atomic E-state index is -0.0942. The molecule has 0 amide bonds. The van der Waals surface area contributed by atoms with Crippen molar-refractivity contribution in [1.82, 2.24) is 35.6 Å². The largest absolute Gasteiger partial charge is 0.341 e. The summed E-state index contributed by atoms with van der Waals surface area (Å²) in [6.45, 7) is 4.81. The molecule has 3 N–H and O–H groups in total. The first-order valence-electron chi connectivity index (χ1n) is 11.5. The molecular formula is C23H29ClN8. The number of likely N-dealkylation sites (tertiary alicyclic amines) is 1. The van der Waals surface area contributed by atoms with Gasteiger partial charge in [-0.1, -0.05) is 11.6 Å². The first kappa shape index (κ1) is 20.4. The smallest absolute Gasteiger partial charge is 0.168 e. The molecule has 2 aromatic heterocycles. The number of aromatic amines is 1. The number of halogens is 1. The van der Waals surface area contributed by atoms with Gasteiger partial charge < -0.3 is 9.88 Å². The van der Waals surface area contributed by atoms with Crippen LogP contribution in [0.2, 0.25) is 5.02 Å². The van der Waals surface area contributed by atoms with Crippen LogP contribution in [0.5, 0.6) is 0 Å². The highest BCUT2D eigenvalue weighted by atomic mass is 35.5. The molecule has 1 atom stereocenters. The van der Waals surface area contributed by atoms with Crippen molar-refractivity contribution in [3.63, 3.8) is 0 Å². The van der Waals surface area contributed by atoms with Crippen LogP contribution in [0.25, 0.3) is 11.0 Å². The van der Waals surface area contributed by atoms with Crippen molar-refractivity contribution >= 4 is 28.5 Å². The van der Waals surface area contributed by atoms with Crippen LogP contribution in [0, 0.1) is 6.92 Å². The first-order valence-corrected chi connectivity index (χ1v) is 11.9. The molecule has 3 aromatic rings. The second-order valence-corrected chi connectivity index (χ2v) is 9.78. The van der Waals surface area contributed by atoms with Crippen LogP contribution in [-0.4, -0.2) is 51.0 Å². The Labute approximate surface area is 192 Å². The van der Waals surface area contributed by atoms with E-state index < -0.39 is 0 Å². The third-order valence-corrected chi connectivity index (χ3v) is 7.39. The minimum absolute atomic E-state index is 0.0942. The van der Waals surface area contributed by atoms with Gasteiger partial charge in [0.2, 0.25) is 0 Å².